The quantitative estimate of drug-likeness (QED) is 0.869. The van der Waals surface area contributed by atoms with E-state index in [0.29, 0.717) is 6.04 Å². The normalized spacial score (nSPS) is 27.5. The van der Waals surface area contributed by atoms with Gasteiger partial charge in [0.2, 0.25) is 0 Å². The smallest absolute Gasteiger partial charge is 0.134 e. The van der Waals surface area contributed by atoms with E-state index in [0.717, 1.165) is 50.4 Å². The highest BCUT2D eigenvalue weighted by Crippen LogP contribution is 2.23. The summed E-state index contributed by atoms with van der Waals surface area (Å²) in [6.07, 6.45) is 7.87. The molecule has 0 amide bonds. The van der Waals surface area contributed by atoms with E-state index < -0.39 is 0 Å². The van der Waals surface area contributed by atoms with E-state index in [1.165, 1.54) is 12.8 Å². The molecule has 19 heavy (non-hydrogen) atoms. The second-order valence-corrected chi connectivity index (χ2v) is 5.61. The molecular weight excluding hydrogens is 240 g/mol. The van der Waals surface area contributed by atoms with Crippen molar-refractivity contribution in [2.24, 2.45) is 0 Å². The molecule has 0 radical (unpaired) electrons. The predicted molar refractivity (Wildman–Crippen MR) is 75.4 cm³/mol. The third-order valence-corrected chi connectivity index (χ3v) is 4.13. The molecule has 1 aromatic rings. The number of aliphatic hydroxyl groups is 1. The van der Waals surface area contributed by atoms with Gasteiger partial charge in [-0.1, -0.05) is 0 Å². The fourth-order valence-electron chi connectivity index (χ4n) is 2.97. The number of nitrogens with zero attached hydrogens (tertiary/aromatic N) is 3. The van der Waals surface area contributed by atoms with Gasteiger partial charge in [-0.3, -0.25) is 0 Å². The Balaban J connectivity index is 1.62. The van der Waals surface area contributed by atoms with Gasteiger partial charge < -0.3 is 15.3 Å². The van der Waals surface area contributed by atoms with Crippen molar-refractivity contribution >= 4 is 11.6 Å². The van der Waals surface area contributed by atoms with Crippen LogP contribution < -0.4 is 10.2 Å². The summed E-state index contributed by atoms with van der Waals surface area (Å²) >= 11 is 0. The molecule has 1 aliphatic heterocycles. The highest BCUT2D eigenvalue weighted by Gasteiger charge is 2.20. The van der Waals surface area contributed by atoms with Gasteiger partial charge in [-0.25, -0.2) is 9.97 Å². The van der Waals surface area contributed by atoms with Gasteiger partial charge in [0.05, 0.1) is 6.10 Å². The zero-order chi connectivity index (χ0) is 13.1. The average molecular weight is 262 g/mol. The molecule has 0 bridgehead atoms. The first-order chi connectivity index (χ1) is 9.31. The lowest BCUT2D eigenvalue weighted by molar-refractivity contribution is 0.126. The second kappa shape index (κ2) is 5.74. The van der Waals surface area contributed by atoms with Crippen molar-refractivity contribution in [2.45, 2.75) is 50.7 Å². The van der Waals surface area contributed by atoms with E-state index in [1.54, 1.807) is 6.33 Å². The molecule has 2 aliphatic rings. The minimum atomic E-state index is -0.108. The van der Waals surface area contributed by atoms with Crippen LogP contribution in [0.15, 0.2) is 12.4 Å². The summed E-state index contributed by atoms with van der Waals surface area (Å²) in [4.78, 5) is 11.0. The Morgan fingerprint density at radius 1 is 1.11 bits per heavy atom. The van der Waals surface area contributed by atoms with Crippen LogP contribution in [0, 0.1) is 0 Å². The Bertz CT molecular complexity index is 412. The largest absolute Gasteiger partial charge is 0.393 e. The molecule has 104 valence electrons. The summed E-state index contributed by atoms with van der Waals surface area (Å²) in [6.45, 7) is 2.21. The standard InChI is InChI=1S/C14H22N4O/c19-12-5-3-11(4-6-12)17-13-9-14(16-10-15-13)18-7-1-2-8-18/h9-12,19H,1-8H2,(H,15,16,17). The molecule has 0 spiro atoms. The third-order valence-electron chi connectivity index (χ3n) is 4.13. The van der Waals surface area contributed by atoms with Crippen LogP contribution in [0.3, 0.4) is 0 Å². The molecule has 1 aliphatic carbocycles. The Morgan fingerprint density at radius 2 is 1.84 bits per heavy atom. The van der Waals surface area contributed by atoms with Crippen LogP contribution in [-0.2, 0) is 0 Å². The summed E-state index contributed by atoms with van der Waals surface area (Å²) in [5.74, 6) is 1.95. The Hall–Kier alpha value is -1.36. The highest BCUT2D eigenvalue weighted by atomic mass is 16.3. The van der Waals surface area contributed by atoms with Gasteiger partial charge in [-0.15, -0.1) is 0 Å². The van der Waals surface area contributed by atoms with E-state index in [2.05, 4.69) is 26.3 Å². The van der Waals surface area contributed by atoms with Crippen molar-refractivity contribution in [3.63, 3.8) is 0 Å². The summed E-state index contributed by atoms with van der Waals surface area (Å²) in [5, 5.41) is 13.0. The topological polar surface area (TPSA) is 61.3 Å². The van der Waals surface area contributed by atoms with Crippen LogP contribution in [0.4, 0.5) is 11.6 Å². The molecule has 1 aromatic heterocycles. The lowest BCUT2D eigenvalue weighted by Crippen LogP contribution is -2.28. The highest BCUT2D eigenvalue weighted by molar-refractivity contribution is 5.49. The van der Waals surface area contributed by atoms with Crippen molar-refractivity contribution < 1.29 is 5.11 Å². The molecule has 0 aromatic carbocycles. The van der Waals surface area contributed by atoms with Crippen LogP contribution in [0.5, 0.6) is 0 Å². The summed E-state index contributed by atoms with van der Waals surface area (Å²) in [5.41, 5.74) is 0. The van der Waals surface area contributed by atoms with E-state index in [-0.39, 0.29) is 6.10 Å². The molecule has 5 heteroatoms. The maximum Gasteiger partial charge on any atom is 0.134 e. The molecule has 1 saturated heterocycles. The van der Waals surface area contributed by atoms with Crippen LogP contribution in [0.25, 0.3) is 0 Å². The van der Waals surface area contributed by atoms with E-state index >= 15 is 0 Å². The number of aliphatic hydroxyl groups excluding tert-OH is 1. The van der Waals surface area contributed by atoms with Gasteiger partial charge in [-0.2, -0.15) is 0 Å². The van der Waals surface area contributed by atoms with Crippen LogP contribution >= 0.6 is 0 Å². The van der Waals surface area contributed by atoms with Crippen molar-refractivity contribution in [3.05, 3.63) is 12.4 Å². The maximum absolute atomic E-state index is 9.52. The summed E-state index contributed by atoms with van der Waals surface area (Å²) in [7, 11) is 0. The SMILES string of the molecule is OC1CCC(Nc2cc(N3CCCC3)ncn2)CC1. The fourth-order valence-corrected chi connectivity index (χ4v) is 2.97. The Kier molecular flexibility index (Phi) is 3.82. The fraction of sp³-hybridized carbons (Fsp3) is 0.714. The maximum atomic E-state index is 9.52. The lowest BCUT2D eigenvalue weighted by atomic mass is 9.93. The van der Waals surface area contributed by atoms with Gasteiger partial charge in [0.15, 0.2) is 0 Å². The van der Waals surface area contributed by atoms with Gasteiger partial charge in [0, 0.05) is 25.2 Å². The van der Waals surface area contributed by atoms with Gasteiger partial charge in [0.25, 0.3) is 0 Å². The van der Waals surface area contributed by atoms with E-state index in [4.69, 9.17) is 0 Å². The van der Waals surface area contributed by atoms with Crippen molar-refractivity contribution in [1.29, 1.82) is 0 Å². The van der Waals surface area contributed by atoms with Crippen molar-refractivity contribution in [2.75, 3.05) is 23.3 Å². The average Bonchev–Trinajstić information content (AvgIpc) is 2.96. The number of hydrogen-bond donors (Lipinski definition) is 2. The van der Waals surface area contributed by atoms with Gasteiger partial charge >= 0.3 is 0 Å². The number of nitrogens with one attached hydrogen (secondary N) is 1. The number of rotatable bonds is 3. The first-order valence-corrected chi connectivity index (χ1v) is 7.33. The zero-order valence-electron chi connectivity index (χ0n) is 11.3. The molecule has 2 heterocycles. The predicted octanol–water partition coefficient (Wildman–Crippen LogP) is 1.79. The van der Waals surface area contributed by atoms with Crippen LogP contribution in [-0.4, -0.2) is 40.3 Å². The third kappa shape index (κ3) is 3.15. The molecule has 0 unspecified atom stereocenters. The number of aromatic nitrogens is 2. The molecule has 0 atom stereocenters. The molecule has 2 fully saturated rings. The van der Waals surface area contributed by atoms with Crippen molar-refractivity contribution in [1.82, 2.24) is 9.97 Å². The molecule has 3 rings (SSSR count). The van der Waals surface area contributed by atoms with Gasteiger partial charge in [-0.05, 0) is 38.5 Å². The molecule has 2 N–H and O–H groups in total. The lowest BCUT2D eigenvalue weighted by Gasteiger charge is -2.27. The summed E-state index contributed by atoms with van der Waals surface area (Å²) < 4.78 is 0. The minimum absolute atomic E-state index is 0.108. The Morgan fingerprint density at radius 3 is 2.58 bits per heavy atom. The molecule has 1 saturated carbocycles. The number of anilines is 2. The first kappa shape index (κ1) is 12.7. The summed E-state index contributed by atoms with van der Waals surface area (Å²) in [6, 6.07) is 2.49. The zero-order valence-corrected chi connectivity index (χ0v) is 11.3. The Labute approximate surface area is 114 Å². The monoisotopic (exact) mass is 262 g/mol. The number of hydrogen-bond acceptors (Lipinski definition) is 5. The molecular formula is C14H22N4O. The van der Waals surface area contributed by atoms with Crippen LogP contribution in [0.2, 0.25) is 0 Å². The first-order valence-electron chi connectivity index (χ1n) is 7.33. The van der Waals surface area contributed by atoms with Crippen molar-refractivity contribution in [3.8, 4) is 0 Å². The van der Waals surface area contributed by atoms with Gasteiger partial charge in [0.1, 0.15) is 18.0 Å². The van der Waals surface area contributed by atoms with E-state index in [9.17, 15) is 5.11 Å². The second-order valence-electron chi connectivity index (χ2n) is 5.61. The minimum Gasteiger partial charge on any atom is -0.393 e. The van der Waals surface area contributed by atoms with E-state index in [1.807, 2.05) is 0 Å². The van der Waals surface area contributed by atoms with Crippen LogP contribution in [0.1, 0.15) is 38.5 Å². The molecule has 5 nitrogen and oxygen atoms in total.